The van der Waals surface area contributed by atoms with Crippen LogP contribution in [0.25, 0.3) is 5.69 Å². The number of nitrogens with two attached hydrogens (primary N) is 1. The summed E-state index contributed by atoms with van der Waals surface area (Å²) in [5.41, 5.74) is 7.85. The fraction of sp³-hybridized carbons (Fsp3) is 0.182. The molecule has 0 spiro atoms. The maximum absolute atomic E-state index is 13.6. The van der Waals surface area contributed by atoms with E-state index in [-0.39, 0.29) is 5.82 Å². The zero-order valence-corrected chi connectivity index (χ0v) is 8.48. The number of rotatable bonds is 1. The Morgan fingerprint density at radius 2 is 2.12 bits per heavy atom. The molecule has 3 rings (SSSR count). The number of nitrogen functional groups attached to an aromatic ring is 1. The third-order valence-electron chi connectivity index (χ3n) is 2.69. The molecule has 0 unspecified atom stereocenters. The molecule has 0 saturated heterocycles. The number of nitrogens with zero attached hydrogens (tertiary/aromatic N) is 2. The van der Waals surface area contributed by atoms with Crippen LogP contribution in [0.1, 0.15) is 11.3 Å². The van der Waals surface area contributed by atoms with Crippen molar-refractivity contribution in [1.29, 1.82) is 0 Å². The van der Waals surface area contributed by atoms with Crippen molar-refractivity contribution < 1.29 is 9.13 Å². The monoisotopic (exact) mass is 219 g/mol. The second-order valence-electron chi connectivity index (χ2n) is 3.67. The van der Waals surface area contributed by atoms with Crippen molar-refractivity contribution in [1.82, 2.24) is 9.78 Å². The van der Waals surface area contributed by atoms with Gasteiger partial charge in [-0.2, -0.15) is 0 Å². The third kappa shape index (κ3) is 1.22. The van der Waals surface area contributed by atoms with Crippen molar-refractivity contribution in [2.45, 2.75) is 13.2 Å². The summed E-state index contributed by atoms with van der Waals surface area (Å²) in [6, 6.07) is 6.47. The van der Waals surface area contributed by atoms with Crippen LogP contribution >= 0.6 is 0 Å². The van der Waals surface area contributed by atoms with E-state index in [9.17, 15) is 4.39 Å². The third-order valence-corrected chi connectivity index (χ3v) is 2.69. The quantitative estimate of drug-likeness (QED) is 0.793. The normalized spacial score (nSPS) is 14.1. The van der Waals surface area contributed by atoms with E-state index in [0.29, 0.717) is 24.7 Å². The van der Waals surface area contributed by atoms with Crippen molar-refractivity contribution in [3.8, 4) is 5.69 Å². The molecule has 0 amide bonds. The summed E-state index contributed by atoms with van der Waals surface area (Å²) in [7, 11) is 0. The predicted octanol–water partition coefficient (Wildman–Crippen LogP) is 1.62. The standard InChI is InChI=1S/C11H10FN3O/c12-8-3-1-2-4-9(8)15-10-6-16-5-7(10)11(13)14-15/h1-4H,5-6H2,(H2,13,14). The first-order chi connectivity index (χ1) is 7.77. The molecule has 0 radical (unpaired) electrons. The Balaban J connectivity index is 2.21. The van der Waals surface area contributed by atoms with Gasteiger partial charge in [-0.1, -0.05) is 12.1 Å². The van der Waals surface area contributed by atoms with E-state index >= 15 is 0 Å². The largest absolute Gasteiger partial charge is 0.382 e. The minimum atomic E-state index is -0.320. The van der Waals surface area contributed by atoms with Crippen molar-refractivity contribution in [2.24, 2.45) is 0 Å². The van der Waals surface area contributed by atoms with Gasteiger partial charge in [-0.05, 0) is 12.1 Å². The molecule has 2 heterocycles. The zero-order chi connectivity index (χ0) is 11.1. The predicted molar refractivity (Wildman–Crippen MR) is 56.4 cm³/mol. The molecule has 0 aliphatic carbocycles. The van der Waals surface area contributed by atoms with E-state index in [1.165, 1.54) is 10.7 Å². The molecule has 2 aromatic rings. The van der Waals surface area contributed by atoms with Crippen LogP contribution in [0.5, 0.6) is 0 Å². The van der Waals surface area contributed by atoms with E-state index < -0.39 is 0 Å². The summed E-state index contributed by atoms with van der Waals surface area (Å²) in [5.74, 6) is 0.0930. The minimum absolute atomic E-state index is 0.320. The number of halogens is 1. The summed E-state index contributed by atoms with van der Waals surface area (Å²) in [6.07, 6.45) is 0. The van der Waals surface area contributed by atoms with Crippen LogP contribution in [0.15, 0.2) is 24.3 Å². The van der Waals surface area contributed by atoms with E-state index in [1.807, 2.05) is 0 Å². The van der Waals surface area contributed by atoms with Gasteiger partial charge in [0.1, 0.15) is 11.5 Å². The molecule has 5 heteroatoms. The Kier molecular flexibility index (Phi) is 1.94. The Morgan fingerprint density at radius 1 is 1.31 bits per heavy atom. The number of aromatic nitrogens is 2. The van der Waals surface area contributed by atoms with Gasteiger partial charge in [0.25, 0.3) is 0 Å². The molecule has 4 nitrogen and oxygen atoms in total. The maximum Gasteiger partial charge on any atom is 0.151 e. The average molecular weight is 219 g/mol. The first-order valence-electron chi connectivity index (χ1n) is 4.96. The molecule has 1 aromatic carbocycles. The van der Waals surface area contributed by atoms with Gasteiger partial charge in [0.15, 0.2) is 5.82 Å². The average Bonchev–Trinajstić information content (AvgIpc) is 2.84. The highest BCUT2D eigenvalue weighted by Crippen LogP contribution is 2.28. The molecule has 82 valence electrons. The molecule has 0 fully saturated rings. The number of fused-ring (bicyclic) bond motifs is 1. The summed E-state index contributed by atoms with van der Waals surface area (Å²) in [6.45, 7) is 0.878. The Bertz CT molecular complexity index is 550. The minimum Gasteiger partial charge on any atom is -0.382 e. The van der Waals surface area contributed by atoms with Crippen molar-refractivity contribution >= 4 is 5.82 Å². The molecular formula is C11H10FN3O. The molecule has 1 aliphatic rings. The lowest BCUT2D eigenvalue weighted by molar-refractivity contribution is 0.131. The topological polar surface area (TPSA) is 53.1 Å². The zero-order valence-electron chi connectivity index (χ0n) is 8.48. The second-order valence-corrected chi connectivity index (χ2v) is 3.67. The van der Waals surface area contributed by atoms with E-state index in [0.717, 1.165) is 11.3 Å². The molecule has 1 aliphatic heterocycles. The number of anilines is 1. The van der Waals surface area contributed by atoms with Gasteiger partial charge in [0, 0.05) is 5.56 Å². The van der Waals surface area contributed by atoms with E-state index in [1.54, 1.807) is 18.2 Å². The molecule has 0 bridgehead atoms. The maximum atomic E-state index is 13.6. The molecule has 0 atom stereocenters. The fourth-order valence-electron chi connectivity index (χ4n) is 1.88. The number of para-hydroxylation sites is 1. The first-order valence-corrected chi connectivity index (χ1v) is 4.96. The molecule has 16 heavy (non-hydrogen) atoms. The fourth-order valence-corrected chi connectivity index (χ4v) is 1.88. The van der Waals surface area contributed by atoms with Gasteiger partial charge in [-0.3, -0.25) is 0 Å². The van der Waals surface area contributed by atoms with Gasteiger partial charge in [-0.15, -0.1) is 5.10 Å². The lowest BCUT2D eigenvalue weighted by atomic mass is 10.2. The van der Waals surface area contributed by atoms with Crippen LogP contribution < -0.4 is 5.73 Å². The lowest BCUT2D eigenvalue weighted by Gasteiger charge is -2.05. The van der Waals surface area contributed by atoms with Crippen LogP contribution in [0.4, 0.5) is 10.2 Å². The summed E-state index contributed by atoms with van der Waals surface area (Å²) < 4.78 is 20.4. The smallest absolute Gasteiger partial charge is 0.151 e. The van der Waals surface area contributed by atoms with Gasteiger partial charge >= 0.3 is 0 Å². The SMILES string of the molecule is Nc1nn(-c2ccccc2F)c2c1COC2. The molecule has 1 aromatic heterocycles. The van der Waals surface area contributed by atoms with E-state index in [4.69, 9.17) is 10.5 Å². The van der Waals surface area contributed by atoms with Gasteiger partial charge in [0.2, 0.25) is 0 Å². The number of hydrogen-bond acceptors (Lipinski definition) is 3. The van der Waals surface area contributed by atoms with Crippen LogP contribution in [0.3, 0.4) is 0 Å². The first kappa shape index (κ1) is 9.35. The van der Waals surface area contributed by atoms with Crippen LogP contribution in [0.2, 0.25) is 0 Å². The lowest BCUT2D eigenvalue weighted by Crippen LogP contribution is -2.04. The van der Waals surface area contributed by atoms with Gasteiger partial charge in [0.05, 0.1) is 18.9 Å². The molecule has 2 N–H and O–H groups in total. The number of hydrogen-bond donors (Lipinski definition) is 1. The van der Waals surface area contributed by atoms with Gasteiger partial charge < -0.3 is 10.5 Å². The van der Waals surface area contributed by atoms with Crippen molar-refractivity contribution in [3.63, 3.8) is 0 Å². The van der Waals surface area contributed by atoms with Crippen molar-refractivity contribution in [3.05, 3.63) is 41.3 Å². The summed E-state index contributed by atoms with van der Waals surface area (Å²) in [4.78, 5) is 0. The Labute approximate surface area is 91.4 Å². The van der Waals surface area contributed by atoms with Crippen LogP contribution in [-0.4, -0.2) is 9.78 Å². The highest BCUT2D eigenvalue weighted by molar-refractivity contribution is 5.48. The van der Waals surface area contributed by atoms with Crippen LogP contribution in [0, 0.1) is 5.82 Å². The van der Waals surface area contributed by atoms with Gasteiger partial charge in [-0.25, -0.2) is 9.07 Å². The highest BCUT2D eigenvalue weighted by atomic mass is 19.1. The Hall–Kier alpha value is -1.88. The van der Waals surface area contributed by atoms with Crippen molar-refractivity contribution in [2.75, 3.05) is 5.73 Å². The summed E-state index contributed by atoms with van der Waals surface area (Å²) >= 11 is 0. The van der Waals surface area contributed by atoms with Crippen LogP contribution in [-0.2, 0) is 18.0 Å². The number of ether oxygens (including phenoxy) is 1. The molecular weight excluding hydrogens is 209 g/mol. The van der Waals surface area contributed by atoms with E-state index in [2.05, 4.69) is 5.10 Å². The number of benzene rings is 1. The Morgan fingerprint density at radius 3 is 2.94 bits per heavy atom. The molecule has 0 saturated carbocycles. The summed E-state index contributed by atoms with van der Waals surface area (Å²) in [5, 5.41) is 4.14. The second kappa shape index (κ2) is 3.31. The highest BCUT2D eigenvalue weighted by Gasteiger charge is 2.23.